The van der Waals surface area contributed by atoms with Crippen LogP contribution in [-0.4, -0.2) is 21.8 Å². The molecule has 0 spiro atoms. The lowest BCUT2D eigenvalue weighted by Gasteiger charge is -2.19. The summed E-state index contributed by atoms with van der Waals surface area (Å²) < 4.78 is 27.7. The minimum absolute atomic E-state index is 0.0271. The van der Waals surface area contributed by atoms with Gasteiger partial charge in [-0.3, -0.25) is 4.79 Å². The molecule has 0 fully saturated rings. The Bertz CT molecular complexity index is 659. The fraction of sp³-hybridized carbons (Fsp3) is 0.429. The molecule has 2 aromatic heterocycles. The predicted octanol–water partition coefficient (Wildman–Crippen LogP) is 4.29. The Hall–Kier alpha value is -1.30. The highest BCUT2D eigenvalue weighted by Gasteiger charge is 2.24. The summed E-state index contributed by atoms with van der Waals surface area (Å²) in [5.41, 5.74) is 0.513. The van der Waals surface area contributed by atoms with Crippen LogP contribution in [0.4, 0.5) is 8.78 Å². The van der Waals surface area contributed by atoms with Gasteiger partial charge in [0.2, 0.25) is 5.78 Å². The molecule has 0 N–H and O–H groups in total. The third-order valence-corrected chi connectivity index (χ3v) is 3.24. The molecule has 0 saturated heterocycles. The number of hydrogen-bond acceptors (Lipinski definition) is 2. The smallest absolute Gasteiger partial charge is 0.300 e. The number of pyridine rings is 1. The quantitative estimate of drug-likeness (QED) is 0.614. The fourth-order valence-electron chi connectivity index (χ4n) is 2.09. The van der Waals surface area contributed by atoms with Gasteiger partial charge in [-0.15, -0.1) is 0 Å². The highest BCUT2D eigenvalue weighted by atomic mass is 79.9. The second-order valence-electron chi connectivity index (χ2n) is 5.90. The van der Waals surface area contributed by atoms with Crippen molar-refractivity contribution in [3.63, 3.8) is 0 Å². The monoisotopic (exact) mass is 344 g/mol. The standard InChI is InChI=1S/C14H15BrF2N2O/c1-14(2,3)7-19-6-9(11(20)12(16)17)8-4-5-10(15)18-13(8)19/h4-6,12H,7H2,1-3H3. The van der Waals surface area contributed by atoms with Crippen molar-refractivity contribution in [2.45, 2.75) is 33.7 Å². The van der Waals surface area contributed by atoms with Crippen LogP contribution in [0.2, 0.25) is 0 Å². The zero-order valence-corrected chi connectivity index (χ0v) is 13.0. The average Bonchev–Trinajstić information content (AvgIpc) is 2.64. The average molecular weight is 345 g/mol. The zero-order valence-electron chi connectivity index (χ0n) is 11.5. The van der Waals surface area contributed by atoms with Crippen molar-refractivity contribution in [3.8, 4) is 0 Å². The van der Waals surface area contributed by atoms with Crippen LogP contribution in [0.15, 0.2) is 22.9 Å². The first-order valence-electron chi connectivity index (χ1n) is 6.17. The molecule has 0 radical (unpaired) electrons. The zero-order chi connectivity index (χ0) is 15.1. The molecule has 108 valence electrons. The largest absolute Gasteiger partial charge is 0.331 e. The minimum atomic E-state index is -3.01. The molecule has 0 aliphatic heterocycles. The van der Waals surface area contributed by atoms with Crippen molar-refractivity contribution in [2.75, 3.05) is 0 Å². The first-order valence-corrected chi connectivity index (χ1v) is 6.96. The van der Waals surface area contributed by atoms with E-state index in [-0.39, 0.29) is 11.0 Å². The second-order valence-corrected chi connectivity index (χ2v) is 6.71. The van der Waals surface area contributed by atoms with Crippen molar-refractivity contribution in [2.24, 2.45) is 5.41 Å². The molecule has 0 aliphatic carbocycles. The van der Waals surface area contributed by atoms with Gasteiger partial charge in [0.15, 0.2) is 0 Å². The lowest BCUT2D eigenvalue weighted by molar-refractivity contribution is 0.0680. The first-order chi connectivity index (χ1) is 9.19. The summed E-state index contributed by atoms with van der Waals surface area (Å²) in [6.07, 6.45) is -1.53. The van der Waals surface area contributed by atoms with Gasteiger partial charge >= 0.3 is 6.43 Å². The minimum Gasteiger partial charge on any atom is -0.331 e. The maximum atomic E-state index is 12.7. The van der Waals surface area contributed by atoms with E-state index >= 15 is 0 Å². The van der Waals surface area contributed by atoms with Crippen LogP contribution in [0, 0.1) is 5.41 Å². The third kappa shape index (κ3) is 3.06. The van der Waals surface area contributed by atoms with Crippen LogP contribution < -0.4 is 0 Å². The highest BCUT2D eigenvalue weighted by molar-refractivity contribution is 9.10. The van der Waals surface area contributed by atoms with Crippen molar-refractivity contribution in [3.05, 3.63) is 28.5 Å². The molecular weight excluding hydrogens is 330 g/mol. The van der Waals surface area contributed by atoms with E-state index in [1.807, 2.05) is 20.8 Å². The summed E-state index contributed by atoms with van der Waals surface area (Å²) in [4.78, 5) is 15.9. The Balaban J connectivity index is 2.63. The van der Waals surface area contributed by atoms with Crippen LogP contribution in [0.25, 0.3) is 11.0 Å². The highest BCUT2D eigenvalue weighted by Crippen LogP contribution is 2.27. The predicted molar refractivity (Wildman–Crippen MR) is 77.2 cm³/mol. The Morgan fingerprint density at radius 3 is 2.60 bits per heavy atom. The molecule has 0 unspecified atom stereocenters. The summed E-state index contributed by atoms with van der Waals surface area (Å²) in [6.45, 7) is 6.69. The Labute approximate surface area is 124 Å². The van der Waals surface area contributed by atoms with Crippen molar-refractivity contribution < 1.29 is 13.6 Å². The molecule has 0 bridgehead atoms. The Kier molecular flexibility index (Phi) is 3.95. The Morgan fingerprint density at radius 1 is 1.40 bits per heavy atom. The van der Waals surface area contributed by atoms with E-state index in [2.05, 4.69) is 20.9 Å². The van der Waals surface area contributed by atoms with Gasteiger partial charge in [0.05, 0.1) is 5.56 Å². The van der Waals surface area contributed by atoms with Gasteiger partial charge in [-0.05, 0) is 33.5 Å². The van der Waals surface area contributed by atoms with E-state index in [0.717, 1.165) is 0 Å². The molecule has 0 aliphatic rings. The SMILES string of the molecule is CC(C)(C)Cn1cc(C(=O)C(F)F)c2ccc(Br)nc21. The number of ketones is 1. The number of carbonyl (C=O) groups excluding carboxylic acids is 1. The molecular formula is C14H15BrF2N2O. The second kappa shape index (κ2) is 5.24. The van der Waals surface area contributed by atoms with Gasteiger partial charge in [-0.25, -0.2) is 13.8 Å². The number of nitrogens with zero attached hydrogens (tertiary/aromatic N) is 2. The molecule has 2 rings (SSSR count). The Morgan fingerprint density at radius 2 is 2.05 bits per heavy atom. The van der Waals surface area contributed by atoms with Crippen molar-refractivity contribution in [1.29, 1.82) is 0 Å². The number of halogens is 3. The fourth-order valence-corrected chi connectivity index (χ4v) is 2.39. The van der Waals surface area contributed by atoms with Crippen LogP contribution in [0.3, 0.4) is 0 Å². The van der Waals surface area contributed by atoms with Gasteiger partial charge in [0.25, 0.3) is 0 Å². The van der Waals surface area contributed by atoms with E-state index in [0.29, 0.717) is 22.2 Å². The molecule has 2 heterocycles. The maximum Gasteiger partial charge on any atom is 0.300 e. The molecule has 0 saturated carbocycles. The molecule has 3 nitrogen and oxygen atoms in total. The van der Waals surface area contributed by atoms with Crippen LogP contribution >= 0.6 is 15.9 Å². The summed E-state index contributed by atoms with van der Waals surface area (Å²) in [5.74, 6) is -1.16. The molecule has 0 aromatic carbocycles. The van der Waals surface area contributed by atoms with Crippen LogP contribution in [0.5, 0.6) is 0 Å². The topological polar surface area (TPSA) is 34.9 Å². The molecule has 0 atom stereocenters. The summed E-state index contributed by atoms with van der Waals surface area (Å²) >= 11 is 3.26. The first kappa shape index (κ1) is 15.1. The molecule has 20 heavy (non-hydrogen) atoms. The van der Waals surface area contributed by atoms with E-state index in [1.54, 1.807) is 16.7 Å². The maximum absolute atomic E-state index is 12.7. The number of aromatic nitrogens is 2. The number of Topliss-reactive ketones (excluding diaryl/α,β-unsaturated/α-hetero) is 1. The van der Waals surface area contributed by atoms with Gasteiger partial charge in [-0.1, -0.05) is 20.8 Å². The molecule has 0 amide bonds. The van der Waals surface area contributed by atoms with E-state index < -0.39 is 12.2 Å². The lowest BCUT2D eigenvalue weighted by Crippen LogP contribution is -2.15. The third-order valence-electron chi connectivity index (χ3n) is 2.80. The lowest BCUT2D eigenvalue weighted by atomic mass is 9.97. The van der Waals surface area contributed by atoms with Gasteiger partial charge in [0, 0.05) is 18.1 Å². The molecule has 2 aromatic rings. The van der Waals surface area contributed by atoms with Crippen LogP contribution in [0.1, 0.15) is 31.1 Å². The van der Waals surface area contributed by atoms with Gasteiger partial charge < -0.3 is 4.57 Å². The van der Waals surface area contributed by atoms with E-state index in [1.165, 1.54) is 6.20 Å². The summed E-state index contributed by atoms with van der Waals surface area (Å²) in [6, 6.07) is 3.28. The normalized spacial score (nSPS) is 12.3. The van der Waals surface area contributed by atoms with Crippen molar-refractivity contribution in [1.82, 2.24) is 9.55 Å². The number of fused-ring (bicyclic) bond motifs is 1. The van der Waals surface area contributed by atoms with Crippen molar-refractivity contribution >= 4 is 32.7 Å². The number of hydrogen-bond donors (Lipinski definition) is 0. The molecule has 6 heteroatoms. The summed E-state index contributed by atoms with van der Waals surface area (Å²) in [7, 11) is 0. The van der Waals surface area contributed by atoms with E-state index in [9.17, 15) is 13.6 Å². The summed E-state index contributed by atoms with van der Waals surface area (Å²) in [5, 5.41) is 0.461. The number of alkyl halides is 2. The van der Waals surface area contributed by atoms with Gasteiger partial charge in [-0.2, -0.15) is 0 Å². The van der Waals surface area contributed by atoms with E-state index in [4.69, 9.17) is 0 Å². The number of carbonyl (C=O) groups is 1. The number of rotatable bonds is 3. The van der Waals surface area contributed by atoms with Gasteiger partial charge in [0.1, 0.15) is 10.3 Å². The van der Waals surface area contributed by atoms with Crippen LogP contribution in [-0.2, 0) is 6.54 Å².